The zero-order chi connectivity index (χ0) is 21.5. The van der Waals surface area contributed by atoms with Crippen molar-refractivity contribution in [2.24, 2.45) is 0 Å². The van der Waals surface area contributed by atoms with Gasteiger partial charge in [0.2, 0.25) is 11.8 Å². The number of carbonyl (C=O) groups is 2. The first-order chi connectivity index (χ1) is 14.5. The minimum absolute atomic E-state index is 0.0260. The molecular formula is C23H36N4O3. The summed E-state index contributed by atoms with van der Waals surface area (Å²) < 4.78 is 5.34. The molecule has 7 nitrogen and oxygen atoms in total. The number of amides is 2. The Labute approximate surface area is 180 Å². The highest BCUT2D eigenvalue weighted by Gasteiger charge is 2.32. The second-order valence-corrected chi connectivity index (χ2v) is 8.47. The van der Waals surface area contributed by atoms with Crippen molar-refractivity contribution < 1.29 is 14.3 Å². The van der Waals surface area contributed by atoms with Crippen molar-refractivity contribution in [2.45, 2.75) is 58.2 Å². The Hall–Kier alpha value is -2.12. The van der Waals surface area contributed by atoms with Crippen LogP contribution in [0, 0.1) is 6.92 Å². The van der Waals surface area contributed by atoms with Crippen LogP contribution in [0.15, 0.2) is 18.2 Å². The monoisotopic (exact) mass is 416 g/mol. The maximum atomic E-state index is 12.7. The molecule has 0 aliphatic carbocycles. The van der Waals surface area contributed by atoms with Crippen LogP contribution < -0.4 is 15.4 Å². The third kappa shape index (κ3) is 5.95. The van der Waals surface area contributed by atoms with Crippen molar-refractivity contribution in [3.63, 3.8) is 0 Å². The zero-order valence-corrected chi connectivity index (χ0v) is 18.6. The van der Waals surface area contributed by atoms with Crippen molar-refractivity contribution in [1.29, 1.82) is 0 Å². The van der Waals surface area contributed by atoms with Gasteiger partial charge in [-0.05, 0) is 49.9 Å². The third-order valence-electron chi connectivity index (χ3n) is 6.16. The van der Waals surface area contributed by atoms with Gasteiger partial charge in [-0.15, -0.1) is 0 Å². The summed E-state index contributed by atoms with van der Waals surface area (Å²) in [7, 11) is 1.67. The molecule has 3 rings (SSSR count). The first-order valence-electron chi connectivity index (χ1n) is 11.2. The van der Waals surface area contributed by atoms with Crippen LogP contribution in [0.25, 0.3) is 0 Å². The number of aryl methyl sites for hydroxylation is 1. The molecule has 1 aromatic rings. The van der Waals surface area contributed by atoms with E-state index in [1.54, 1.807) is 7.11 Å². The summed E-state index contributed by atoms with van der Waals surface area (Å²) >= 11 is 0. The fraction of sp³-hybridized carbons (Fsp3) is 0.652. The SMILES string of the molecule is CCCN1CCC(NC(=O)CC2C(=O)NCCN2Cc2ccc(OC)c(C)c2)CC1. The Kier molecular flexibility index (Phi) is 8.10. The van der Waals surface area contributed by atoms with E-state index in [0.717, 1.165) is 62.3 Å². The predicted octanol–water partition coefficient (Wildman–Crippen LogP) is 1.68. The molecule has 0 bridgehead atoms. The number of likely N-dealkylation sites (tertiary alicyclic amines) is 1. The summed E-state index contributed by atoms with van der Waals surface area (Å²) in [6, 6.07) is 5.87. The molecule has 2 N–H and O–H groups in total. The second kappa shape index (κ2) is 10.8. The highest BCUT2D eigenvalue weighted by molar-refractivity contribution is 5.88. The van der Waals surface area contributed by atoms with Gasteiger partial charge in [-0.2, -0.15) is 0 Å². The van der Waals surface area contributed by atoms with Gasteiger partial charge in [-0.1, -0.05) is 19.1 Å². The van der Waals surface area contributed by atoms with Crippen LogP contribution in [0.4, 0.5) is 0 Å². The fourth-order valence-electron chi connectivity index (χ4n) is 4.53. The van der Waals surface area contributed by atoms with E-state index in [9.17, 15) is 9.59 Å². The lowest BCUT2D eigenvalue weighted by Gasteiger charge is -2.36. The topological polar surface area (TPSA) is 73.9 Å². The number of piperidine rings is 1. The number of rotatable bonds is 8. The third-order valence-corrected chi connectivity index (χ3v) is 6.16. The maximum Gasteiger partial charge on any atom is 0.237 e. The number of piperazine rings is 1. The van der Waals surface area contributed by atoms with Crippen molar-refractivity contribution >= 4 is 11.8 Å². The number of nitrogens with one attached hydrogen (secondary N) is 2. The van der Waals surface area contributed by atoms with E-state index in [1.165, 1.54) is 0 Å². The van der Waals surface area contributed by atoms with Crippen molar-refractivity contribution in [3.05, 3.63) is 29.3 Å². The van der Waals surface area contributed by atoms with E-state index in [0.29, 0.717) is 13.1 Å². The normalized spacial score (nSPS) is 21.3. The lowest BCUT2D eigenvalue weighted by atomic mass is 10.0. The number of benzene rings is 1. The lowest BCUT2D eigenvalue weighted by Crippen LogP contribution is -2.56. The number of nitrogens with zero attached hydrogens (tertiary/aromatic N) is 2. The van der Waals surface area contributed by atoms with Crippen molar-refractivity contribution in [1.82, 2.24) is 20.4 Å². The molecule has 166 valence electrons. The molecular weight excluding hydrogens is 380 g/mol. The van der Waals surface area contributed by atoms with Crippen LogP contribution in [0.1, 0.15) is 43.7 Å². The van der Waals surface area contributed by atoms with E-state index in [2.05, 4.69) is 33.4 Å². The van der Waals surface area contributed by atoms with Crippen LogP contribution in [-0.4, -0.2) is 73.5 Å². The molecule has 1 aromatic carbocycles. The van der Waals surface area contributed by atoms with Gasteiger partial charge in [0.05, 0.1) is 19.6 Å². The molecule has 30 heavy (non-hydrogen) atoms. The number of carbonyl (C=O) groups excluding carboxylic acids is 2. The highest BCUT2D eigenvalue weighted by Crippen LogP contribution is 2.21. The Balaban J connectivity index is 1.56. The molecule has 1 unspecified atom stereocenters. The van der Waals surface area contributed by atoms with Crippen LogP contribution in [0.3, 0.4) is 0 Å². The predicted molar refractivity (Wildman–Crippen MR) is 117 cm³/mol. The molecule has 1 atom stereocenters. The molecule has 0 saturated carbocycles. The minimum Gasteiger partial charge on any atom is -0.496 e. The molecule has 0 aromatic heterocycles. The molecule has 0 radical (unpaired) electrons. The van der Waals surface area contributed by atoms with Crippen molar-refractivity contribution in [2.75, 3.05) is 39.8 Å². The Morgan fingerprint density at radius 1 is 1.27 bits per heavy atom. The molecule has 2 fully saturated rings. The van der Waals surface area contributed by atoms with Gasteiger partial charge in [0.1, 0.15) is 5.75 Å². The Morgan fingerprint density at radius 3 is 2.70 bits per heavy atom. The molecule has 2 aliphatic rings. The van der Waals surface area contributed by atoms with Gasteiger partial charge in [-0.25, -0.2) is 0 Å². The number of hydrogen-bond acceptors (Lipinski definition) is 5. The molecule has 2 heterocycles. The van der Waals surface area contributed by atoms with E-state index in [-0.39, 0.29) is 24.3 Å². The number of hydrogen-bond donors (Lipinski definition) is 2. The van der Waals surface area contributed by atoms with E-state index < -0.39 is 6.04 Å². The fourth-order valence-corrected chi connectivity index (χ4v) is 4.53. The summed E-state index contributed by atoms with van der Waals surface area (Å²) in [6.45, 7) is 9.40. The van der Waals surface area contributed by atoms with Crippen LogP contribution in [0.5, 0.6) is 5.75 Å². The van der Waals surface area contributed by atoms with Gasteiger partial charge >= 0.3 is 0 Å². The summed E-state index contributed by atoms with van der Waals surface area (Å²) in [5.74, 6) is 0.775. The lowest BCUT2D eigenvalue weighted by molar-refractivity contribution is -0.134. The first kappa shape index (κ1) is 22.6. The quantitative estimate of drug-likeness (QED) is 0.675. The Bertz CT molecular complexity index is 731. The second-order valence-electron chi connectivity index (χ2n) is 8.47. The van der Waals surface area contributed by atoms with Crippen LogP contribution in [0.2, 0.25) is 0 Å². The summed E-state index contributed by atoms with van der Waals surface area (Å²) in [6.07, 6.45) is 3.34. The average molecular weight is 417 g/mol. The molecule has 2 aliphatic heterocycles. The molecule has 2 saturated heterocycles. The standard InChI is InChI=1S/C23H36N4O3/c1-4-10-26-11-7-19(8-12-26)25-22(28)15-20-23(29)24-9-13-27(20)16-18-5-6-21(30-3)17(2)14-18/h5-6,14,19-20H,4,7-13,15-16H2,1-3H3,(H,24,29)(H,25,28). The first-order valence-corrected chi connectivity index (χ1v) is 11.2. The van der Waals surface area contributed by atoms with E-state index in [4.69, 9.17) is 4.74 Å². The van der Waals surface area contributed by atoms with E-state index in [1.807, 2.05) is 19.1 Å². The number of methoxy groups -OCH3 is 1. The number of ether oxygens (including phenoxy) is 1. The smallest absolute Gasteiger partial charge is 0.237 e. The maximum absolute atomic E-state index is 12.7. The minimum atomic E-state index is -0.429. The van der Waals surface area contributed by atoms with Gasteiger partial charge in [-0.3, -0.25) is 14.5 Å². The van der Waals surface area contributed by atoms with Crippen LogP contribution >= 0.6 is 0 Å². The summed E-state index contributed by atoms with van der Waals surface area (Å²) in [4.78, 5) is 29.8. The Morgan fingerprint density at radius 2 is 2.03 bits per heavy atom. The molecule has 0 spiro atoms. The zero-order valence-electron chi connectivity index (χ0n) is 18.6. The summed E-state index contributed by atoms with van der Waals surface area (Å²) in [5, 5.41) is 6.09. The van der Waals surface area contributed by atoms with E-state index >= 15 is 0 Å². The average Bonchev–Trinajstić information content (AvgIpc) is 2.72. The van der Waals surface area contributed by atoms with Gasteiger partial charge in [0.15, 0.2) is 0 Å². The summed E-state index contributed by atoms with van der Waals surface area (Å²) in [5.41, 5.74) is 2.19. The molecule has 7 heteroatoms. The van der Waals surface area contributed by atoms with Gasteiger partial charge in [0.25, 0.3) is 0 Å². The van der Waals surface area contributed by atoms with Crippen LogP contribution in [-0.2, 0) is 16.1 Å². The van der Waals surface area contributed by atoms with Crippen molar-refractivity contribution in [3.8, 4) is 5.75 Å². The highest BCUT2D eigenvalue weighted by atomic mass is 16.5. The van der Waals surface area contributed by atoms with Gasteiger partial charge in [0, 0.05) is 38.8 Å². The largest absolute Gasteiger partial charge is 0.496 e. The molecule has 2 amide bonds. The van der Waals surface area contributed by atoms with Gasteiger partial charge < -0.3 is 20.3 Å².